The lowest BCUT2D eigenvalue weighted by Crippen LogP contribution is -2.11. The summed E-state index contributed by atoms with van der Waals surface area (Å²) in [7, 11) is 1.44. The van der Waals surface area contributed by atoms with Crippen LogP contribution in [0, 0.1) is 0 Å². The molecule has 1 rings (SSSR count). The number of phenolic OH excluding ortho intramolecular Hbond substituents is 1. The van der Waals surface area contributed by atoms with Gasteiger partial charge >= 0.3 is 0 Å². The second-order valence-electron chi connectivity index (χ2n) is 5.67. The van der Waals surface area contributed by atoms with Crippen LogP contribution >= 0.6 is 0 Å². The lowest BCUT2D eigenvalue weighted by molar-refractivity contribution is -0.127. The molecule has 0 saturated carbocycles. The predicted octanol–water partition coefficient (Wildman–Crippen LogP) is 4.14. The zero-order chi connectivity index (χ0) is 16.4. The molecule has 0 fully saturated rings. The number of rotatable bonds is 11. The van der Waals surface area contributed by atoms with Crippen LogP contribution in [0.25, 0.3) is 0 Å². The van der Waals surface area contributed by atoms with Crippen LogP contribution < -0.4 is 4.74 Å². The van der Waals surface area contributed by atoms with Crippen LogP contribution in [0.15, 0.2) is 18.2 Å². The minimum Gasteiger partial charge on any atom is -0.504 e. The molecule has 0 radical (unpaired) electrons. The first-order chi connectivity index (χ1) is 10.6. The van der Waals surface area contributed by atoms with Crippen molar-refractivity contribution in [2.45, 2.75) is 64.4 Å². The van der Waals surface area contributed by atoms with E-state index in [-0.39, 0.29) is 17.3 Å². The number of unbranched alkanes of at least 4 members (excludes halogenated alkanes) is 6. The summed E-state index contributed by atoms with van der Waals surface area (Å²) in [5.74, 6) is 0.0829. The normalized spacial score (nSPS) is 12.1. The summed E-state index contributed by atoms with van der Waals surface area (Å²) >= 11 is 0. The number of ether oxygens (including phenoxy) is 1. The lowest BCUT2D eigenvalue weighted by atomic mass is 10.00. The van der Waals surface area contributed by atoms with Crippen LogP contribution in [0.2, 0.25) is 0 Å². The Hall–Kier alpha value is -1.55. The average Bonchev–Trinajstić information content (AvgIpc) is 2.53. The van der Waals surface area contributed by atoms with E-state index in [0.29, 0.717) is 12.0 Å². The van der Waals surface area contributed by atoms with Gasteiger partial charge in [-0.25, -0.2) is 0 Å². The van der Waals surface area contributed by atoms with Gasteiger partial charge in [-0.2, -0.15) is 0 Å². The minimum absolute atomic E-state index is 0.00187. The highest BCUT2D eigenvalue weighted by molar-refractivity contribution is 5.84. The largest absolute Gasteiger partial charge is 0.504 e. The van der Waals surface area contributed by atoms with Crippen molar-refractivity contribution in [2.24, 2.45) is 0 Å². The van der Waals surface area contributed by atoms with Crippen LogP contribution in [0.1, 0.15) is 70.0 Å². The van der Waals surface area contributed by atoms with Crippen molar-refractivity contribution < 1.29 is 19.7 Å². The summed E-state index contributed by atoms with van der Waals surface area (Å²) in [5, 5.41) is 19.6. The third kappa shape index (κ3) is 6.06. The third-order valence-electron chi connectivity index (χ3n) is 3.85. The molecule has 0 aliphatic rings. The number of aliphatic hydroxyl groups excluding tert-OH is 1. The molecule has 124 valence electrons. The van der Waals surface area contributed by atoms with E-state index in [4.69, 9.17) is 4.74 Å². The van der Waals surface area contributed by atoms with Crippen LogP contribution in [-0.4, -0.2) is 23.1 Å². The number of carbonyl (C=O) groups excluding carboxylic acids is 1. The van der Waals surface area contributed by atoms with Gasteiger partial charge < -0.3 is 14.9 Å². The van der Waals surface area contributed by atoms with Gasteiger partial charge in [-0.1, -0.05) is 51.5 Å². The Morgan fingerprint density at radius 2 is 1.77 bits per heavy atom. The van der Waals surface area contributed by atoms with Crippen molar-refractivity contribution in [2.75, 3.05) is 7.11 Å². The Morgan fingerprint density at radius 3 is 2.41 bits per heavy atom. The van der Waals surface area contributed by atoms with Gasteiger partial charge in [0.2, 0.25) is 0 Å². The highest BCUT2D eigenvalue weighted by atomic mass is 16.5. The third-order valence-corrected chi connectivity index (χ3v) is 3.85. The Bertz CT molecular complexity index is 456. The summed E-state index contributed by atoms with van der Waals surface area (Å²) in [5.41, 5.74) is 0.461. The number of methoxy groups -OCH3 is 1. The van der Waals surface area contributed by atoms with Gasteiger partial charge in [0, 0.05) is 6.42 Å². The molecule has 0 aliphatic carbocycles. The highest BCUT2D eigenvalue weighted by Crippen LogP contribution is 2.29. The van der Waals surface area contributed by atoms with Crippen molar-refractivity contribution in [3.8, 4) is 11.5 Å². The number of phenols is 1. The van der Waals surface area contributed by atoms with E-state index in [1.165, 1.54) is 44.9 Å². The second kappa shape index (κ2) is 10.2. The highest BCUT2D eigenvalue weighted by Gasteiger charge is 2.18. The van der Waals surface area contributed by atoms with Gasteiger partial charge in [0.05, 0.1) is 7.11 Å². The molecule has 0 amide bonds. The number of carbonyl (C=O) groups is 1. The maximum absolute atomic E-state index is 12.0. The zero-order valence-corrected chi connectivity index (χ0v) is 13.7. The first-order valence-corrected chi connectivity index (χ1v) is 8.17. The van der Waals surface area contributed by atoms with Crippen molar-refractivity contribution in [1.82, 2.24) is 0 Å². The Morgan fingerprint density at radius 1 is 1.14 bits per heavy atom. The van der Waals surface area contributed by atoms with E-state index >= 15 is 0 Å². The lowest BCUT2D eigenvalue weighted by Gasteiger charge is -2.12. The summed E-state index contributed by atoms with van der Waals surface area (Å²) in [6, 6.07) is 4.48. The number of hydrogen-bond acceptors (Lipinski definition) is 4. The first-order valence-electron chi connectivity index (χ1n) is 8.17. The molecule has 4 nitrogen and oxygen atoms in total. The van der Waals surface area contributed by atoms with Crippen molar-refractivity contribution in [3.05, 3.63) is 23.8 Å². The molecule has 0 aliphatic heterocycles. The van der Waals surface area contributed by atoms with Crippen molar-refractivity contribution in [3.63, 3.8) is 0 Å². The van der Waals surface area contributed by atoms with Crippen molar-refractivity contribution in [1.29, 1.82) is 0 Å². The Labute approximate surface area is 133 Å². The molecule has 0 heterocycles. The molecule has 0 aromatic heterocycles. The number of benzene rings is 1. The molecular formula is C18H28O4. The van der Waals surface area contributed by atoms with Crippen LogP contribution in [0.3, 0.4) is 0 Å². The molecule has 0 saturated heterocycles. The molecule has 22 heavy (non-hydrogen) atoms. The Kier molecular flexibility index (Phi) is 8.60. The van der Waals surface area contributed by atoms with Gasteiger partial charge in [0.25, 0.3) is 0 Å². The summed E-state index contributed by atoms with van der Waals surface area (Å²) in [6.45, 7) is 2.19. The Balaban J connectivity index is 2.36. The molecular weight excluding hydrogens is 280 g/mol. The first kappa shape index (κ1) is 18.5. The van der Waals surface area contributed by atoms with Crippen LogP contribution in [0.4, 0.5) is 0 Å². The summed E-state index contributed by atoms with van der Waals surface area (Å²) < 4.78 is 4.99. The molecule has 2 N–H and O–H groups in total. The quantitative estimate of drug-likeness (QED) is 0.603. The number of ketones is 1. The maximum Gasteiger partial charge on any atom is 0.165 e. The van der Waals surface area contributed by atoms with Gasteiger partial charge in [0.15, 0.2) is 17.3 Å². The number of aromatic hydroxyl groups is 1. The monoisotopic (exact) mass is 308 g/mol. The summed E-state index contributed by atoms with van der Waals surface area (Å²) in [4.78, 5) is 12.0. The van der Waals surface area contributed by atoms with Gasteiger partial charge in [-0.3, -0.25) is 4.79 Å². The van der Waals surface area contributed by atoms with E-state index in [0.717, 1.165) is 19.3 Å². The minimum atomic E-state index is -1.14. The molecule has 1 unspecified atom stereocenters. The molecule has 1 aromatic rings. The number of Topliss-reactive ketones (excluding diaryl/α,β-unsaturated/α-hetero) is 1. The fraction of sp³-hybridized carbons (Fsp3) is 0.611. The van der Waals surface area contributed by atoms with Crippen molar-refractivity contribution >= 4 is 5.78 Å². The SMILES string of the molecule is CCCCCCCCCC(=O)C(O)c1ccc(O)c(OC)c1. The van der Waals surface area contributed by atoms with E-state index < -0.39 is 6.10 Å². The molecule has 0 bridgehead atoms. The molecule has 0 spiro atoms. The van der Waals surface area contributed by atoms with Crippen LogP contribution in [0.5, 0.6) is 11.5 Å². The van der Waals surface area contributed by atoms with E-state index in [1.54, 1.807) is 6.07 Å². The van der Waals surface area contributed by atoms with Crippen LogP contribution in [-0.2, 0) is 4.79 Å². The molecule has 1 aromatic carbocycles. The van der Waals surface area contributed by atoms with Gasteiger partial charge in [-0.15, -0.1) is 0 Å². The van der Waals surface area contributed by atoms with E-state index in [1.807, 2.05) is 0 Å². The maximum atomic E-state index is 12.0. The standard InChI is InChI=1S/C18H28O4/c1-3-4-5-6-7-8-9-10-16(20)18(21)14-11-12-15(19)17(13-14)22-2/h11-13,18-19,21H,3-10H2,1-2H3. The van der Waals surface area contributed by atoms with Gasteiger partial charge in [-0.05, 0) is 24.1 Å². The average molecular weight is 308 g/mol. The second-order valence-corrected chi connectivity index (χ2v) is 5.67. The number of aliphatic hydroxyl groups is 1. The van der Waals surface area contributed by atoms with Gasteiger partial charge in [0.1, 0.15) is 6.10 Å². The topological polar surface area (TPSA) is 66.8 Å². The predicted molar refractivity (Wildman–Crippen MR) is 87.2 cm³/mol. The summed E-state index contributed by atoms with van der Waals surface area (Å²) in [6.07, 6.45) is 7.24. The number of hydrogen-bond donors (Lipinski definition) is 2. The fourth-order valence-electron chi connectivity index (χ4n) is 2.44. The molecule has 4 heteroatoms. The van der Waals surface area contributed by atoms with E-state index in [9.17, 15) is 15.0 Å². The van der Waals surface area contributed by atoms with E-state index in [2.05, 4.69) is 6.92 Å². The molecule has 1 atom stereocenters. The fourth-order valence-corrected chi connectivity index (χ4v) is 2.44. The smallest absolute Gasteiger partial charge is 0.165 e. The zero-order valence-electron chi connectivity index (χ0n) is 13.7.